The largest absolute Gasteiger partial charge is 0.381 e. The number of piperidine rings is 1. The van der Waals surface area contributed by atoms with Crippen molar-refractivity contribution < 1.29 is 13.2 Å². The van der Waals surface area contributed by atoms with Gasteiger partial charge in [-0.25, -0.2) is 13.4 Å². The van der Waals surface area contributed by atoms with Crippen LogP contribution in [0, 0.1) is 0 Å². The molecular weight excluding hydrogens is 346 g/mol. The van der Waals surface area contributed by atoms with Crippen LogP contribution in [0.15, 0.2) is 21.6 Å². The Morgan fingerprint density at radius 2 is 2.10 bits per heavy atom. The van der Waals surface area contributed by atoms with Crippen molar-refractivity contribution in [2.24, 2.45) is 0 Å². The van der Waals surface area contributed by atoms with Crippen molar-refractivity contribution in [1.82, 2.24) is 9.29 Å². The van der Waals surface area contributed by atoms with Gasteiger partial charge < -0.3 is 10.1 Å². The van der Waals surface area contributed by atoms with Gasteiger partial charge in [-0.2, -0.15) is 4.31 Å². The molecule has 0 aromatic carbocycles. The molecule has 0 bridgehead atoms. The fourth-order valence-corrected chi connectivity index (χ4v) is 4.38. The van der Waals surface area contributed by atoms with Crippen molar-refractivity contribution in [1.29, 1.82) is 0 Å². The lowest BCUT2D eigenvalue weighted by Crippen LogP contribution is -2.40. The van der Waals surface area contributed by atoms with Crippen LogP contribution in [0.25, 0.3) is 0 Å². The van der Waals surface area contributed by atoms with Gasteiger partial charge in [-0.3, -0.25) is 0 Å². The van der Waals surface area contributed by atoms with Crippen molar-refractivity contribution in [3.05, 3.63) is 16.7 Å². The molecule has 1 aromatic rings. The number of methoxy groups -OCH3 is 1. The van der Waals surface area contributed by atoms with E-state index in [-0.39, 0.29) is 11.0 Å². The van der Waals surface area contributed by atoms with Gasteiger partial charge in [0, 0.05) is 37.9 Å². The minimum atomic E-state index is -3.54. The van der Waals surface area contributed by atoms with Crippen LogP contribution < -0.4 is 5.32 Å². The monoisotopic (exact) mass is 363 g/mol. The van der Waals surface area contributed by atoms with E-state index >= 15 is 0 Å². The molecule has 2 rings (SSSR count). The number of anilines is 1. The van der Waals surface area contributed by atoms with Gasteiger partial charge in [0.2, 0.25) is 10.0 Å². The highest BCUT2D eigenvalue weighted by Crippen LogP contribution is 2.28. The summed E-state index contributed by atoms with van der Waals surface area (Å²) in [5, 5.41) is 2.83. The van der Waals surface area contributed by atoms with E-state index in [1.807, 2.05) is 0 Å². The molecule has 0 unspecified atom stereocenters. The Bertz CT molecular complexity index is 571. The number of hydrogen-bond donors (Lipinski definition) is 1. The maximum absolute atomic E-state index is 12.7. The van der Waals surface area contributed by atoms with Gasteiger partial charge >= 0.3 is 0 Å². The van der Waals surface area contributed by atoms with Crippen LogP contribution in [0.2, 0.25) is 0 Å². The third kappa shape index (κ3) is 3.13. The number of hydrogen-bond acceptors (Lipinski definition) is 5. The maximum atomic E-state index is 12.7. The normalized spacial score (nSPS) is 18.1. The van der Waals surface area contributed by atoms with E-state index in [1.165, 1.54) is 4.31 Å². The first kappa shape index (κ1) is 15.7. The molecule has 0 saturated carbocycles. The van der Waals surface area contributed by atoms with Crippen LogP contribution >= 0.6 is 15.9 Å². The van der Waals surface area contributed by atoms with Crippen molar-refractivity contribution >= 4 is 31.8 Å². The molecule has 1 N–H and O–H groups in total. The van der Waals surface area contributed by atoms with Crippen molar-refractivity contribution in [2.45, 2.75) is 23.8 Å². The molecule has 0 atom stereocenters. The molecular formula is C12H18BrN3O3S. The third-order valence-corrected chi connectivity index (χ3v) is 5.75. The summed E-state index contributed by atoms with van der Waals surface area (Å²) in [7, 11) is -0.218. The second kappa shape index (κ2) is 6.38. The molecule has 1 aromatic heterocycles. The van der Waals surface area contributed by atoms with Crippen molar-refractivity contribution in [3.63, 3.8) is 0 Å². The predicted octanol–water partition coefficient (Wildman–Crippen LogP) is 1.69. The molecule has 1 aliphatic heterocycles. The molecule has 1 fully saturated rings. The summed E-state index contributed by atoms with van der Waals surface area (Å²) in [5.74, 6) is 0.363. The van der Waals surface area contributed by atoms with Crippen LogP contribution in [0.3, 0.4) is 0 Å². The standard InChI is InChI=1S/C12H18BrN3O3S/c1-14-12-11(7-9(13)8-15-12)20(17,18)16-5-3-10(19-2)4-6-16/h7-8,10H,3-6H2,1-2H3,(H,14,15). The number of halogens is 1. The van der Waals surface area contributed by atoms with Gasteiger partial charge in [0.05, 0.1) is 6.10 Å². The van der Waals surface area contributed by atoms with E-state index < -0.39 is 10.0 Å². The maximum Gasteiger partial charge on any atom is 0.246 e. The highest BCUT2D eigenvalue weighted by molar-refractivity contribution is 9.10. The lowest BCUT2D eigenvalue weighted by Gasteiger charge is -2.30. The number of sulfonamides is 1. The zero-order chi connectivity index (χ0) is 14.8. The Labute approximate surface area is 127 Å². The van der Waals surface area contributed by atoms with Crippen LogP contribution in [-0.2, 0) is 14.8 Å². The molecule has 1 saturated heterocycles. The first-order valence-electron chi connectivity index (χ1n) is 6.35. The Hall–Kier alpha value is -0.700. The fraction of sp³-hybridized carbons (Fsp3) is 0.583. The Morgan fingerprint density at radius 3 is 2.65 bits per heavy atom. The summed E-state index contributed by atoms with van der Waals surface area (Å²) in [6.45, 7) is 0.938. The van der Waals surface area contributed by atoms with Crippen LogP contribution in [0.1, 0.15) is 12.8 Å². The van der Waals surface area contributed by atoms with Crippen LogP contribution in [-0.4, -0.2) is 51.1 Å². The number of ether oxygens (including phenoxy) is 1. The first-order valence-corrected chi connectivity index (χ1v) is 8.58. The average molecular weight is 364 g/mol. The minimum Gasteiger partial charge on any atom is -0.381 e. The molecule has 8 heteroatoms. The van der Waals surface area contributed by atoms with E-state index in [0.717, 1.165) is 0 Å². The number of nitrogens with zero attached hydrogens (tertiary/aromatic N) is 2. The highest BCUT2D eigenvalue weighted by Gasteiger charge is 2.31. The quantitative estimate of drug-likeness (QED) is 0.880. The Kier molecular flexibility index (Phi) is 5.00. The molecule has 1 aliphatic rings. The van der Waals surface area contributed by atoms with Gasteiger partial charge in [-0.15, -0.1) is 0 Å². The van der Waals surface area contributed by atoms with Gasteiger partial charge in [0.25, 0.3) is 0 Å². The summed E-state index contributed by atoms with van der Waals surface area (Å²) in [6, 6.07) is 1.58. The summed E-state index contributed by atoms with van der Waals surface area (Å²) >= 11 is 3.27. The molecule has 0 radical (unpaired) electrons. The number of nitrogens with one attached hydrogen (secondary N) is 1. The summed E-state index contributed by atoms with van der Waals surface area (Å²) < 4.78 is 32.8. The first-order chi connectivity index (χ1) is 9.48. The number of pyridine rings is 1. The number of rotatable bonds is 4. The zero-order valence-electron chi connectivity index (χ0n) is 11.5. The van der Waals surface area contributed by atoms with Gasteiger partial charge in [-0.1, -0.05) is 0 Å². The number of aromatic nitrogens is 1. The van der Waals surface area contributed by atoms with E-state index in [2.05, 4.69) is 26.2 Å². The second-order valence-corrected chi connectivity index (χ2v) is 7.41. The second-order valence-electron chi connectivity index (χ2n) is 4.59. The van der Waals surface area contributed by atoms with Crippen LogP contribution in [0.5, 0.6) is 0 Å². The molecule has 2 heterocycles. The van der Waals surface area contributed by atoms with Crippen molar-refractivity contribution in [2.75, 3.05) is 32.6 Å². The smallest absolute Gasteiger partial charge is 0.246 e. The van der Waals surface area contributed by atoms with E-state index in [0.29, 0.717) is 36.2 Å². The summed E-state index contributed by atoms with van der Waals surface area (Å²) in [5.41, 5.74) is 0. The molecule has 20 heavy (non-hydrogen) atoms. The average Bonchev–Trinajstić information content (AvgIpc) is 2.47. The Balaban J connectivity index is 2.29. The lowest BCUT2D eigenvalue weighted by atomic mass is 10.1. The van der Waals surface area contributed by atoms with E-state index in [9.17, 15) is 8.42 Å². The Morgan fingerprint density at radius 1 is 1.45 bits per heavy atom. The van der Waals surface area contributed by atoms with Crippen LogP contribution in [0.4, 0.5) is 5.82 Å². The lowest BCUT2D eigenvalue weighted by molar-refractivity contribution is 0.0604. The molecule has 0 aliphatic carbocycles. The summed E-state index contributed by atoms with van der Waals surface area (Å²) in [6.07, 6.45) is 3.14. The molecule has 0 amide bonds. The highest BCUT2D eigenvalue weighted by atomic mass is 79.9. The zero-order valence-corrected chi connectivity index (χ0v) is 13.9. The van der Waals surface area contributed by atoms with Gasteiger partial charge in [-0.05, 0) is 34.8 Å². The third-order valence-electron chi connectivity index (χ3n) is 3.41. The SMILES string of the molecule is CNc1ncc(Br)cc1S(=O)(=O)N1CCC(OC)CC1. The summed E-state index contributed by atoms with van der Waals surface area (Å²) in [4.78, 5) is 4.30. The fourth-order valence-electron chi connectivity index (χ4n) is 2.25. The van der Waals surface area contributed by atoms with Gasteiger partial charge in [0.15, 0.2) is 0 Å². The minimum absolute atomic E-state index is 0.144. The van der Waals surface area contributed by atoms with Crippen molar-refractivity contribution in [3.8, 4) is 0 Å². The predicted molar refractivity (Wildman–Crippen MR) is 80.3 cm³/mol. The van der Waals surface area contributed by atoms with Gasteiger partial charge in [0.1, 0.15) is 10.7 Å². The topological polar surface area (TPSA) is 71.5 Å². The molecule has 112 valence electrons. The van der Waals surface area contributed by atoms with E-state index in [1.54, 1.807) is 26.4 Å². The molecule has 0 spiro atoms. The van der Waals surface area contributed by atoms with E-state index in [4.69, 9.17) is 4.74 Å². The molecule has 6 nitrogen and oxygen atoms in total.